The predicted molar refractivity (Wildman–Crippen MR) is 76.9 cm³/mol. The van der Waals surface area contributed by atoms with Gasteiger partial charge in [-0.1, -0.05) is 0 Å². The van der Waals surface area contributed by atoms with E-state index in [0.717, 1.165) is 43.9 Å². The second-order valence-corrected chi connectivity index (χ2v) is 4.03. The molecule has 1 fully saturated rings. The van der Waals surface area contributed by atoms with Gasteiger partial charge in [0.25, 0.3) is 5.91 Å². The third kappa shape index (κ3) is 4.12. The molecule has 1 aromatic heterocycles. The molecule has 102 valence electrons. The fourth-order valence-corrected chi connectivity index (χ4v) is 1.93. The van der Waals surface area contributed by atoms with Crippen LogP contribution in [-0.2, 0) is 0 Å². The van der Waals surface area contributed by atoms with Crippen LogP contribution in [-0.4, -0.2) is 42.0 Å². The summed E-state index contributed by atoms with van der Waals surface area (Å²) in [6, 6.07) is 3.67. The molecule has 0 unspecified atom stereocenters. The van der Waals surface area contributed by atoms with Crippen molar-refractivity contribution in [2.24, 2.45) is 0 Å². The lowest BCUT2D eigenvalue weighted by atomic mass is 10.2. The molecule has 4 nitrogen and oxygen atoms in total. The van der Waals surface area contributed by atoms with Gasteiger partial charge in [0.15, 0.2) is 0 Å². The Bertz CT molecular complexity index is 379. The van der Waals surface area contributed by atoms with Crippen molar-refractivity contribution in [1.29, 1.82) is 0 Å². The normalized spacial score (nSPS) is 15.1. The highest BCUT2D eigenvalue weighted by atomic mass is 35.5. The predicted octanol–water partition coefficient (Wildman–Crippen LogP) is 1.67. The number of nitrogens with zero attached hydrogens (tertiary/aromatic N) is 2. The van der Waals surface area contributed by atoms with Crippen molar-refractivity contribution in [2.75, 3.05) is 26.2 Å². The van der Waals surface area contributed by atoms with E-state index in [1.807, 2.05) is 24.0 Å². The molecule has 0 aliphatic carbocycles. The molecule has 6 heteroatoms. The largest absolute Gasteiger partial charge is 0.337 e. The molecule has 18 heavy (non-hydrogen) atoms. The summed E-state index contributed by atoms with van der Waals surface area (Å²) in [7, 11) is 0. The maximum atomic E-state index is 12.2. The lowest BCUT2D eigenvalue weighted by Gasteiger charge is -2.20. The summed E-state index contributed by atoms with van der Waals surface area (Å²) in [5, 5.41) is 3.29. The highest BCUT2D eigenvalue weighted by Gasteiger charge is 2.18. The van der Waals surface area contributed by atoms with Gasteiger partial charge in [0.05, 0.1) is 5.56 Å². The molecule has 1 amide bonds. The first-order chi connectivity index (χ1) is 7.79. The standard InChI is InChI=1S/C12H17N3O.2ClH/c1-10-11(4-2-6-14-10)12(16)15-8-3-5-13-7-9-15;;/h2,4,6,13H,3,5,7-9H2,1H3;2*1H. The van der Waals surface area contributed by atoms with Crippen molar-refractivity contribution in [3.8, 4) is 0 Å². The zero-order valence-electron chi connectivity index (χ0n) is 10.4. The van der Waals surface area contributed by atoms with Crippen molar-refractivity contribution >= 4 is 30.7 Å². The van der Waals surface area contributed by atoms with Crippen LogP contribution in [0.1, 0.15) is 22.5 Å². The van der Waals surface area contributed by atoms with Crippen molar-refractivity contribution in [2.45, 2.75) is 13.3 Å². The fraction of sp³-hybridized carbons (Fsp3) is 0.500. The zero-order valence-corrected chi connectivity index (χ0v) is 12.0. The lowest BCUT2D eigenvalue weighted by Crippen LogP contribution is -2.34. The second-order valence-electron chi connectivity index (χ2n) is 4.03. The van der Waals surface area contributed by atoms with Crippen molar-refractivity contribution in [3.63, 3.8) is 0 Å². The second kappa shape index (κ2) is 8.29. The summed E-state index contributed by atoms with van der Waals surface area (Å²) < 4.78 is 0. The number of hydrogen-bond acceptors (Lipinski definition) is 3. The summed E-state index contributed by atoms with van der Waals surface area (Å²) >= 11 is 0. The molecule has 2 heterocycles. The highest BCUT2D eigenvalue weighted by Crippen LogP contribution is 2.09. The van der Waals surface area contributed by atoms with Gasteiger partial charge >= 0.3 is 0 Å². The summed E-state index contributed by atoms with van der Waals surface area (Å²) in [5.41, 5.74) is 1.54. The van der Waals surface area contributed by atoms with E-state index in [9.17, 15) is 4.79 Å². The van der Waals surface area contributed by atoms with Gasteiger partial charge in [-0.25, -0.2) is 0 Å². The summed E-state index contributed by atoms with van der Waals surface area (Å²) in [6.45, 7) is 5.37. The Hall–Kier alpha value is -0.840. The Labute approximate surface area is 120 Å². The number of hydrogen-bond donors (Lipinski definition) is 1. The molecule has 0 aromatic carbocycles. The minimum Gasteiger partial charge on any atom is -0.337 e. The first-order valence-corrected chi connectivity index (χ1v) is 5.70. The maximum Gasteiger partial charge on any atom is 0.255 e. The Kier molecular flexibility index (Phi) is 7.91. The summed E-state index contributed by atoms with van der Waals surface area (Å²) in [6.07, 6.45) is 2.74. The van der Waals surface area contributed by atoms with E-state index >= 15 is 0 Å². The third-order valence-electron chi connectivity index (χ3n) is 2.86. The SMILES string of the molecule is Cc1ncccc1C(=O)N1CCCNCC1.Cl.Cl. The van der Waals surface area contributed by atoms with Gasteiger partial charge in [-0.3, -0.25) is 9.78 Å². The van der Waals surface area contributed by atoms with E-state index in [-0.39, 0.29) is 30.7 Å². The topological polar surface area (TPSA) is 45.2 Å². The maximum absolute atomic E-state index is 12.2. The molecule has 2 rings (SSSR count). The van der Waals surface area contributed by atoms with E-state index in [2.05, 4.69) is 10.3 Å². The van der Waals surface area contributed by atoms with Gasteiger partial charge in [-0.2, -0.15) is 0 Å². The summed E-state index contributed by atoms with van der Waals surface area (Å²) in [5.74, 6) is 0.106. The Morgan fingerprint density at radius 2 is 2.11 bits per heavy atom. The van der Waals surface area contributed by atoms with E-state index in [4.69, 9.17) is 0 Å². The quantitative estimate of drug-likeness (QED) is 0.856. The minimum atomic E-state index is 0. The van der Waals surface area contributed by atoms with Gasteiger partial charge in [-0.15, -0.1) is 24.8 Å². The molecular weight excluding hydrogens is 273 g/mol. The fourth-order valence-electron chi connectivity index (χ4n) is 1.93. The number of carbonyl (C=O) groups excluding carboxylic acids is 1. The number of carbonyl (C=O) groups is 1. The zero-order chi connectivity index (χ0) is 11.4. The molecule has 0 radical (unpaired) electrons. The van der Waals surface area contributed by atoms with Crippen LogP contribution in [0.2, 0.25) is 0 Å². The molecule has 0 saturated carbocycles. The van der Waals surface area contributed by atoms with Crippen LogP contribution in [0.3, 0.4) is 0 Å². The molecule has 1 aromatic rings. The Balaban J connectivity index is 0.00000144. The molecule has 1 aliphatic rings. The summed E-state index contributed by atoms with van der Waals surface area (Å²) in [4.78, 5) is 18.3. The number of halogens is 2. The number of rotatable bonds is 1. The van der Waals surface area contributed by atoms with Gasteiger partial charge in [0, 0.05) is 31.5 Å². The lowest BCUT2D eigenvalue weighted by molar-refractivity contribution is 0.0765. The van der Waals surface area contributed by atoms with Crippen LogP contribution in [0.15, 0.2) is 18.3 Å². The highest BCUT2D eigenvalue weighted by molar-refractivity contribution is 5.95. The smallest absolute Gasteiger partial charge is 0.255 e. The van der Waals surface area contributed by atoms with Crippen molar-refractivity contribution in [1.82, 2.24) is 15.2 Å². The average molecular weight is 292 g/mol. The number of pyridine rings is 1. The molecular formula is C12H19Cl2N3O. The molecule has 1 aliphatic heterocycles. The molecule has 0 spiro atoms. The first-order valence-electron chi connectivity index (χ1n) is 5.70. The van der Waals surface area contributed by atoms with Crippen LogP contribution in [0.25, 0.3) is 0 Å². The van der Waals surface area contributed by atoms with Gasteiger partial charge < -0.3 is 10.2 Å². The van der Waals surface area contributed by atoms with Crippen LogP contribution in [0, 0.1) is 6.92 Å². The van der Waals surface area contributed by atoms with Crippen LogP contribution in [0.5, 0.6) is 0 Å². The molecule has 0 bridgehead atoms. The number of aromatic nitrogens is 1. The van der Waals surface area contributed by atoms with Crippen molar-refractivity contribution < 1.29 is 4.79 Å². The van der Waals surface area contributed by atoms with Crippen LogP contribution < -0.4 is 5.32 Å². The Morgan fingerprint density at radius 3 is 2.83 bits per heavy atom. The van der Waals surface area contributed by atoms with Gasteiger partial charge in [-0.05, 0) is 32.0 Å². The Morgan fingerprint density at radius 1 is 1.33 bits per heavy atom. The van der Waals surface area contributed by atoms with Crippen molar-refractivity contribution in [3.05, 3.63) is 29.6 Å². The average Bonchev–Trinajstić information content (AvgIpc) is 2.57. The third-order valence-corrected chi connectivity index (χ3v) is 2.86. The first kappa shape index (κ1) is 17.2. The van der Waals surface area contributed by atoms with Gasteiger partial charge in [0.1, 0.15) is 0 Å². The molecule has 0 atom stereocenters. The van der Waals surface area contributed by atoms with E-state index in [1.165, 1.54) is 0 Å². The molecule has 1 saturated heterocycles. The van der Waals surface area contributed by atoms with Crippen LogP contribution >= 0.6 is 24.8 Å². The minimum absolute atomic E-state index is 0. The molecule has 1 N–H and O–H groups in total. The number of amides is 1. The van der Waals surface area contributed by atoms with Crippen LogP contribution in [0.4, 0.5) is 0 Å². The number of aryl methyl sites for hydroxylation is 1. The number of nitrogens with one attached hydrogen (secondary N) is 1. The van der Waals surface area contributed by atoms with E-state index < -0.39 is 0 Å². The van der Waals surface area contributed by atoms with E-state index in [1.54, 1.807) is 6.20 Å². The van der Waals surface area contributed by atoms with Gasteiger partial charge in [0.2, 0.25) is 0 Å². The monoisotopic (exact) mass is 291 g/mol. The van der Waals surface area contributed by atoms with E-state index in [0.29, 0.717) is 0 Å².